The van der Waals surface area contributed by atoms with Crippen LogP contribution in [-0.2, 0) is 27.2 Å². The van der Waals surface area contributed by atoms with Gasteiger partial charge in [0.25, 0.3) is 5.91 Å². The molecule has 3 rings (SSSR count). The average Bonchev–Trinajstić information content (AvgIpc) is 3.11. The third kappa shape index (κ3) is 3.98. The fraction of sp³-hybridized carbons (Fsp3) is 0.368. The Balaban J connectivity index is 1.75. The lowest BCUT2D eigenvalue weighted by molar-refractivity contribution is -0.147. The number of amides is 1. The van der Waals surface area contributed by atoms with Crippen LogP contribution >= 0.6 is 0 Å². The van der Waals surface area contributed by atoms with Gasteiger partial charge in [-0.2, -0.15) is 0 Å². The zero-order chi connectivity index (χ0) is 20.4. The van der Waals surface area contributed by atoms with Crippen molar-refractivity contribution in [3.8, 4) is 5.75 Å². The Labute approximate surface area is 158 Å². The Morgan fingerprint density at radius 1 is 1.21 bits per heavy atom. The van der Waals surface area contributed by atoms with Gasteiger partial charge in [0.15, 0.2) is 6.10 Å². The fourth-order valence-corrected chi connectivity index (χ4v) is 3.26. The van der Waals surface area contributed by atoms with Crippen molar-refractivity contribution >= 4 is 28.8 Å². The predicted octanol–water partition coefficient (Wildman–Crippen LogP) is 1.09. The summed E-state index contributed by atoms with van der Waals surface area (Å²) in [6.07, 6.45) is 0.561. The van der Waals surface area contributed by atoms with Crippen LogP contribution in [0.15, 0.2) is 27.4 Å². The predicted molar refractivity (Wildman–Crippen MR) is 96.4 cm³/mol. The van der Waals surface area contributed by atoms with Gasteiger partial charge in [0.2, 0.25) is 0 Å². The second-order valence-corrected chi connectivity index (χ2v) is 6.62. The summed E-state index contributed by atoms with van der Waals surface area (Å²) in [5.41, 5.74) is 1.65. The molecule has 0 radical (unpaired) electrons. The largest absolute Gasteiger partial charge is 0.481 e. The van der Waals surface area contributed by atoms with E-state index in [1.54, 1.807) is 12.1 Å². The van der Waals surface area contributed by atoms with E-state index in [0.29, 0.717) is 17.6 Å². The van der Waals surface area contributed by atoms with Gasteiger partial charge in [0.05, 0.1) is 6.42 Å². The maximum absolute atomic E-state index is 12.1. The number of aliphatic carboxylic acids is 2. The first-order valence-electron chi connectivity index (χ1n) is 8.76. The van der Waals surface area contributed by atoms with Gasteiger partial charge in [-0.15, -0.1) is 0 Å². The number of benzene rings is 1. The van der Waals surface area contributed by atoms with E-state index >= 15 is 0 Å². The van der Waals surface area contributed by atoms with Crippen LogP contribution in [0.3, 0.4) is 0 Å². The fourth-order valence-electron chi connectivity index (χ4n) is 3.26. The van der Waals surface area contributed by atoms with E-state index in [1.807, 2.05) is 0 Å². The van der Waals surface area contributed by atoms with E-state index in [1.165, 1.54) is 13.0 Å². The quantitative estimate of drug-likeness (QED) is 0.597. The third-order valence-corrected chi connectivity index (χ3v) is 4.62. The van der Waals surface area contributed by atoms with E-state index in [9.17, 15) is 19.2 Å². The van der Waals surface area contributed by atoms with Crippen LogP contribution in [0.2, 0.25) is 0 Å². The van der Waals surface area contributed by atoms with Gasteiger partial charge in [-0.25, -0.2) is 9.59 Å². The number of fused-ring (bicyclic) bond motifs is 3. The Kier molecular flexibility index (Phi) is 5.34. The summed E-state index contributed by atoms with van der Waals surface area (Å²) in [5, 5.41) is 20.7. The minimum atomic E-state index is -1.56. The highest BCUT2D eigenvalue weighted by atomic mass is 16.5. The maximum Gasteiger partial charge on any atom is 0.339 e. The minimum absolute atomic E-state index is 0.265. The lowest BCUT2D eigenvalue weighted by Crippen LogP contribution is -2.47. The van der Waals surface area contributed by atoms with E-state index in [-0.39, 0.29) is 11.4 Å². The summed E-state index contributed by atoms with van der Waals surface area (Å²) in [4.78, 5) is 46.0. The molecule has 3 N–H and O–H groups in total. The Bertz CT molecular complexity index is 1010. The van der Waals surface area contributed by atoms with Crippen LogP contribution < -0.4 is 15.7 Å². The van der Waals surface area contributed by atoms with Gasteiger partial charge < -0.3 is 24.7 Å². The second kappa shape index (κ2) is 7.71. The first kappa shape index (κ1) is 19.4. The van der Waals surface area contributed by atoms with Crippen molar-refractivity contribution in [2.24, 2.45) is 0 Å². The Morgan fingerprint density at radius 2 is 1.93 bits per heavy atom. The number of aryl methyl sites for hydroxylation is 1. The number of nitrogens with one attached hydrogen (secondary N) is 1. The van der Waals surface area contributed by atoms with Crippen molar-refractivity contribution in [2.75, 3.05) is 0 Å². The molecule has 148 valence electrons. The van der Waals surface area contributed by atoms with E-state index < -0.39 is 36.4 Å². The van der Waals surface area contributed by atoms with E-state index in [4.69, 9.17) is 19.4 Å². The van der Waals surface area contributed by atoms with Gasteiger partial charge in [0.1, 0.15) is 17.4 Å². The number of ether oxygens (including phenoxy) is 1. The Hall–Kier alpha value is -3.36. The molecule has 1 amide bonds. The molecular formula is C19H19NO8. The number of carbonyl (C=O) groups is 3. The monoisotopic (exact) mass is 389 g/mol. The number of carboxylic acids is 2. The molecule has 2 aromatic rings. The summed E-state index contributed by atoms with van der Waals surface area (Å²) in [6, 6.07) is 3.34. The summed E-state index contributed by atoms with van der Waals surface area (Å²) in [5.74, 6) is -3.31. The van der Waals surface area contributed by atoms with Crippen LogP contribution in [0.1, 0.15) is 30.9 Å². The molecule has 0 bridgehead atoms. The van der Waals surface area contributed by atoms with Gasteiger partial charge in [-0.1, -0.05) is 0 Å². The molecule has 1 aromatic carbocycles. The zero-order valence-corrected chi connectivity index (χ0v) is 15.1. The van der Waals surface area contributed by atoms with Crippen LogP contribution in [0.25, 0.3) is 11.0 Å². The molecule has 0 unspecified atom stereocenters. The highest BCUT2D eigenvalue weighted by Crippen LogP contribution is 2.29. The smallest absolute Gasteiger partial charge is 0.339 e. The van der Waals surface area contributed by atoms with Crippen LogP contribution in [0, 0.1) is 0 Å². The summed E-state index contributed by atoms with van der Waals surface area (Å²) < 4.78 is 10.9. The number of hydrogen-bond donors (Lipinski definition) is 3. The molecule has 1 heterocycles. The molecule has 9 nitrogen and oxygen atoms in total. The summed E-state index contributed by atoms with van der Waals surface area (Å²) in [7, 11) is 0. The maximum atomic E-state index is 12.1. The lowest BCUT2D eigenvalue weighted by Gasteiger charge is -2.18. The van der Waals surface area contributed by atoms with Gasteiger partial charge >= 0.3 is 17.6 Å². The summed E-state index contributed by atoms with van der Waals surface area (Å²) >= 11 is 0. The molecule has 0 saturated heterocycles. The minimum Gasteiger partial charge on any atom is -0.481 e. The van der Waals surface area contributed by atoms with Gasteiger partial charge in [-0.05, 0) is 43.9 Å². The number of carbonyl (C=O) groups excluding carboxylic acids is 1. The van der Waals surface area contributed by atoms with Gasteiger partial charge in [0, 0.05) is 17.0 Å². The highest BCUT2D eigenvalue weighted by Gasteiger charge is 2.26. The van der Waals surface area contributed by atoms with Crippen molar-refractivity contribution in [2.45, 2.75) is 44.8 Å². The number of rotatable bonds is 7. The SMILES string of the molecule is C[C@H](Oc1ccc2c3c(c(=O)oc2c1)CCC3)C(=O)N[C@@H](CC(=O)O)C(=O)O. The average molecular weight is 389 g/mol. The number of hydrogen-bond acceptors (Lipinski definition) is 6. The highest BCUT2D eigenvalue weighted by molar-refractivity contribution is 5.89. The van der Waals surface area contributed by atoms with Gasteiger partial charge in [-0.3, -0.25) is 9.59 Å². The molecule has 2 atom stereocenters. The molecule has 0 fully saturated rings. The zero-order valence-electron chi connectivity index (χ0n) is 15.1. The van der Waals surface area contributed by atoms with Crippen molar-refractivity contribution in [1.29, 1.82) is 0 Å². The molecule has 1 aliphatic carbocycles. The first-order valence-corrected chi connectivity index (χ1v) is 8.76. The molecule has 28 heavy (non-hydrogen) atoms. The number of carboxylic acid groups (broad SMARTS) is 2. The molecule has 1 aromatic heterocycles. The van der Waals surface area contributed by atoms with Crippen molar-refractivity contribution in [1.82, 2.24) is 5.32 Å². The standard InChI is InChI=1S/C19H19NO8/c1-9(17(23)20-14(18(24)25)8-16(21)22)27-10-5-6-12-11-3-2-4-13(11)19(26)28-15(12)7-10/h5-7,9,14H,2-4,8H2,1H3,(H,20,23)(H,21,22)(H,24,25)/t9-,14-/m0/s1. The van der Waals surface area contributed by atoms with Crippen LogP contribution in [0.5, 0.6) is 5.75 Å². The van der Waals surface area contributed by atoms with Crippen LogP contribution in [-0.4, -0.2) is 40.2 Å². The molecular weight excluding hydrogens is 370 g/mol. The molecule has 0 saturated carbocycles. The van der Waals surface area contributed by atoms with E-state index in [0.717, 1.165) is 23.8 Å². The third-order valence-electron chi connectivity index (χ3n) is 4.62. The molecule has 9 heteroatoms. The molecule has 0 aliphatic heterocycles. The van der Waals surface area contributed by atoms with Crippen molar-refractivity contribution in [3.05, 3.63) is 39.7 Å². The first-order chi connectivity index (χ1) is 13.3. The van der Waals surface area contributed by atoms with Crippen LogP contribution in [0.4, 0.5) is 0 Å². The summed E-state index contributed by atoms with van der Waals surface area (Å²) in [6.45, 7) is 1.40. The second-order valence-electron chi connectivity index (χ2n) is 6.62. The van der Waals surface area contributed by atoms with Crippen molar-refractivity contribution in [3.63, 3.8) is 0 Å². The van der Waals surface area contributed by atoms with E-state index in [2.05, 4.69) is 5.32 Å². The molecule has 1 aliphatic rings. The van der Waals surface area contributed by atoms with Crippen molar-refractivity contribution < 1.29 is 33.8 Å². The normalized spacial score (nSPS) is 14.9. The lowest BCUT2D eigenvalue weighted by atomic mass is 10.1. The molecule has 0 spiro atoms. The topological polar surface area (TPSA) is 143 Å². The Morgan fingerprint density at radius 3 is 2.61 bits per heavy atom.